The lowest BCUT2D eigenvalue weighted by molar-refractivity contribution is -0.127. The van der Waals surface area contributed by atoms with Crippen LogP contribution in [0.4, 0.5) is 14.9 Å². The Bertz CT molecular complexity index is 1360. The van der Waals surface area contributed by atoms with Crippen LogP contribution < -0.4 is 10.1 Å². The Balaban J connectivity index is 1.44. The molecule has 0 saturated carbocycles. The van der Waals surface area contributed by atoms with Crippen LogP contribution in [0.3, 0.4) is 0 Å². The van der Waals surface area contributed by atoms with E-state index in [1.54, 1.807) is 18.2 Å². The third-order valence-electron chi connectivity index (χ3n) is 4.94. The number of benzene rings is 3. The van der Waals surface area contributed by atoms with Crippen LogP contribution in [0.15, 0.2) is 70.0 Å². The molecule has 3 aromatic carbocycles. The van der Waals surface area contributed by atoms with Crippen LogP contribution in [-0.2, 0) is 16.2 Å². The Morgan fingerprint density at radius 2 is 1.75 bits per heavy atom. The number of hydrogen-bond donors (Lipinski definition) is 1. The highest BCUT2D eigenvalue weighted by atomic mass is 79.9. The van der Waals surface area contributed by atoms with E-state index < -0.39 is 29.4 Å². The van der Waals surface area contributed by atoms with Crippen LogP contribution in [0.5, 0.6) is 5.75 Å². The van der Waals surface area contributed by atoms with E-state index in [1.165, 1.54) is 24.3 Å². The molecule has 1 aliphatic heterocycles. The van der Waals surface area contributed by atoms with Gasteiger partial charge >= 0.3 is 0 Å². The van der Waals surface area contributed by atoms with Crippen molar-refractivity contribution >= 4 is 79.7 Å². The predicted molar refractivity (Wildman–Crippen MR) is 143 cm³/mol. The van der Waals surface area contributed by atoms with Crippen molar-refractivity contribution in [2.45, 2.75) is 6.61 Å². The first-order chi connectivity index (χ1) is 17.2. The van der Waals surface area contributed by atoms with Gasteiger partial charge in [-0.05, 0) is 65.4 Å². The molecule has 0 radical (unpaired) electrons. The summed E-state index contributed by atoms with van der Waals surface area (Å²) in [6.07, 6.45) is 1.45. The molecular weight excluding hydrogens is 594 g/mol. The minimum absolute atomic E-state index is 0.0447. The summed E-state index contributed by atoms with van der Waals surface area (Å²) in [5.41, 5.74) is 1.35. The Kier molecular flexibility index (Phi) is 8.35. The zero-order chi connectivity index (χ0) is 25.8. The number of anilines is 1. The number of carbonyl (C=O) groups is 3. The maximum atomic E-state index is 13.8. The quantitative estimate of drug-likeness (QED) is 0.288. The lowest BCUT2D eigenvalue weighted by atomic mass is 10.2. The van der Waals surface area contributed by atoms with E-state index in [2.05, 4.69) is 21.2 Å². The van der Waals surface area contributed by atoms with E-state index in [1.807, 2.05) is 24.3 Å². The number of thioether (sulfide) groups is 1. The summed E-state index contributed by atoms with van der Waals surface area (Å²) in [5.74, 6) is -1.70. The Hall–Kier alpha value is -2.85. The Morgan fingerprint density at radius 1 is 1.08 bits per heavy atom. The fourth-order valence-corrected chi connectivity index (χ4v) is 4.94. The minimum atomic E-state index is -0.706. The molecule has 1 fully saturated rings. The van der Waals surface area contributed by atoms with E-state index in [9.17, 15) is 18.8 Å². The first kappa shape index (κ1) is 26.2. The maximum absolute atomic E-state index is 13.8. The fraction of sp³-hybridized carbons (Fsp3) is 0.0800. The van der Waals surface area contributed by atoms with Gasteiger partial charge in [-0.15, -0.1) is 0 Å². The third-order valence-corrected chi connectivity index (χ3v) is 6.94. The molecule has 0 aliphatic carbocycles. The van der Waals surface area contributed by atoms with Crippen LogP contribution in [0.25, 0.3) is 6.08 Å². The van der Waals surface area contributed by atoms with Gasteiger partial charge in [0.15, 0.2) is 5.75 Å². The van der Waals surface area contributed by atoms with Crippen molar-refractivity contribution in [1.82, 2.24) is 4.90 Å². The van der Waals surface area contributed by atoms with Crippen molar-refractivity contribution in [3.05, 3.63) is 97.0 Å². The van der Waals surface area contributed by atoms with Crippen LogP contribution in [0, 0.1) is 5.82 Å². The van der Waals surface area contributed by atoms with Gasteiger partial charge in [0.2, 0.25) is 5.91 Å². The van der Waals surface area contributed by atoms with Crippen LogP contribution in [0.2, 0.25) is 10.0 Å². The molecule has 0 bridgehead atoms. The Labute approximate surface area is 228 Å². The fourth-order valence-electron chi connectivity index (χ4n) is 3.22. The average Bonchev–Trinajstić information content (AvgIpc) is 3.08. The molecule has 0 atom stereocenters. The standard InChI is InChI=1S/C25H16BrCl2FN2O4S/c26-16-7-5-14(6-8-16)13-35-23-17(27)9-15(10-18(23)28)11-21-24(33)31(25(34)36-21)12-22(32)30-20-4-2-1-3-19(20)29/h1-11H,12-13H2,(H,30,32)/b21-11-. The number of carbonyl (C=O) groups excluding carboxylic acids is 3. The van der Waals surface area contributed by atoms with Crippen LogP contribution >= 0.6 is 50.9 Å². The molecule has 1 heterocycles. The van der Waals surface area contributed by atoms with Crippen molar-refractivity contribution < 1.29 is 23.5 Å². The summed E-state index contributed by atoms with van der Waals surface area (Å²) in [5, 5.41) is 2.19. The molecule has 1 aliphatic rings. The molecule has 36 heavy (non-hydrogen) atoms. The molecule has 3 amide bonds. The van der Waals surface area contributed by atoms with Gasteiger partial charge in [-0.2, -0.15) is 0 Å². The summed E-state index contributed by atoms with van der Waals surface area (Å²) in [6, 6.07) is 16.3. The van der Waals surface area contributed by atoms with Gasteiger partial charge in [0.1, 0.15) is 19.0 Å². The zero-order valence-corrected chi connectivity index (χ0v) is 22.2. The number of halogens is 4. The van der Waals surface area contributed by atoms with E-state index in [-0.39, 0.29) is 33.0 Å². The van der Waals surface area contributed by atoms with E-state index in [0.29, 0.717) is 17.3 Å². The zero-order valence-electron chi connectivity index (χ0n) is 18.3. The molecule has 1 saturated heterocycles. The van der Waals surface area contributed by atoms with Gasteiger partial charge in [-0.1, -0.05) is 63.4 Å². The summed E-state index contributed by atoms with van der Waals surface area (Å²) < 4.78 is 20.5. The molecule has 3 aromatic rings. The summed E-state index contributed by atoms with van der Waals surface area (Å²) >= 11 is 16.8. The molecule has 4 rings (SSSR count). The normalized spacial score (nSPS) is 14.4. The largest absolute Gasteiger partial charge is 0.486 e. The van der Waals surface area contributed by atoms with E-state index in [4.69, 9.17) is 27.9 Å². The number of amides is 3. The lowest BCUT2D eigenvalue weighted by Crippen LogP contribution is -2.36. The van der Waals surface area contributed by atoms with Crippen molar-refractivity contribution in [3.8, 4) is 5.75 Å². The summed E-state index contributed by atoms with van der Waals surface area (Å²) in [6.45, 7) is -0.305. The number of hydrogen-bond acceptors (Lipinski definition) is 5. The second-order valence-electron chi connectivity index (χ2n) is 7.52. The second kappa shape index (κ2) is 11.5. The average molecular weight is 610 g/mol. The van der Waals surface area contributed by atoms with Gasteiger partial charge in [-0.25, -0.2) is 4.39 Å². The number of para-hydroxylation sites is 1. The number of rotatable bonds is 7. The summed E-state index contributed by atoms with van der Waals surface area (Å²) in [4.78, 5) is 38.3. The van der Waals surface area contributed by atoms with Gasteiger partial charge in [0, 0.05) is 4.47 Å². The Morgan fingerprint density at radius 3 is 2.42 bits per heavy atom. The smallest absolute Gasteiger partial charge is 0.294 e. The topological polar surface area (TPSA) is 75.7 Å². The molecule has 0 unspecified atom stereocenters. The molecule has 184 valence electrons. The first-order valence-electron chi connectivity index (χ1n) is 10.4. The van der Waals surface area contributed by atoms with Gasteiger partial charge < -0.3 is 10.1 Å². The van der Waals surface area contributed by atoms with Crippen molar-refractivity contribution in [2.75, 3.05) is 11.9 Å². The third kappa shape index (κ3) is 6.28. The van der Waals surface area contributed by atoms with Crippen molar-refractivity contribution in [1.29, 1.82) is 0 Å². The van der Waals surface area contributed by atoms with Gasteiger partial charge in [0.25, 0.3) is 11.1 Å². The van der Waals surface area contributed by atoms with Crippen LogP contribution in [-0.4, -0.2) is 28.5 Å². The number of imide groups is 1. The monoisotopic (exact) mass is 608 g/mol. The number of nitrogens with one attached hydrogen (secondary N) is 1. The number of ether oxygens (including phenoxy) is 1. The van der Waals surface area contributed by atoms with Gasteiger partial charge in [-0.3, -0.25) is 19.3 Å². The van der Waals surface area contributed by atoms with E-state index >= 15 is 0 Å². The first-order valence-corrected chi connectivity index (χ1v) is 12.7. The molecule has 0 aromatic heterocycles. The highest BCUT2D eigenvalue weighted by Gasteiger charge is 2.36. The molecule has 1 N–H and O–H groups in total. The molecular formula is C25H16BrCl2FN2O4S. The predicted octanol–water partition coefficient (Wildman–Crippen LogP) is 7.15. The SMILES string of the molecule is O=C(CN1C(=O)S/C(=C\c2cc(Cl)c(OCc3ccc(Br)cc3)c(Cl)c2)C1=O)Nc1ccccc1F. The lowest BCUT2D eigenvalue weighted by Gasteiger charge is -2.13. The molecule has 0 spiro atoms. The summed E-state index contributed by atoms with van der Waals surface area (Å²) in [7, 11) is 0. The highest BCUT2D eigenvalue weighted by molar-refractivity contribution is 9.10. The van der Waals surface area contributed by atoms with Crippen molar-refractivity contribution in [2.24, 2.45) is 0 Å². The molecule has 11 heteroatoms. The van der Waals surface area contributed by atoms with Crippen LogP contribution in [0.1, 0.15) is 11.1 Å². The number of nitrogens with zero attached hydrogens (tertiary/aromatic N) is 1. The molecule has 6 nitrogen and oxygen atoms in total. The van der Waals surface area contributed by atoms with E-state index in [0.717, 1.165) is 14.9 Å². The maximum Gasteiger partial charge on any atom is 0.294 e. The minimum Gasteiger partial charge on any atom is -0.486 e. The van der Waals surface area contributed by atoms with Crippen molar-refractivity contribution in [3.63, 3.8) is 0 Å². The second-order valence-corrected chi connectivity index (χ2v) is 10.2. The highest BCUT2D eigenvalue weighted by Crippen LogP contribution is 2.38. The van der Waals surface area contributed by atoms with Gasteiger partial charge in [0.05, 0.1) is 20.6 Å².